The fraction of sp³-hybridized carbons (Fsp3) is 0.357. The molecule has 0 saturated carbocycles. The number of aromatic nitrogens is 2. The van der Waals surface area contributed by atoms with E-state index in [0.717, 1.165) is 17.1 Å². The summed E-state index contributed by atoms with van der Waals surface area (Å²) < 4.78 is 0. The summed E-state index contributed by atoms with van der Waals surface area (Å²) in [6, 6.07) is 1.77. The molecule has 0 fully saturated rings. The molecule has 7 heteroatoms. The number of hydrogen-bond acceptors (Lipinski definition) is 4. The molecular weight excluding hydrogens is 288 g/mol. The normalized spacial score (nSPS) is 10.4. The lowest BCUT2D eigenvalue weighted by Crippen LogP contribution is -2.25. The summed E-state index contributed by atoms with van der Waals surface area (Å²) in [6.07, 6.45) is 0.950. The van der Waals surface area contributed by atoms with Gasteiger partial charge in [-0.05, 0) is 31.7 Å². The van der Waals surface area contributed by atoms with Gasteiger partial charge in [0.1, 0.15) is 0 Å². The topological polar surface area (TPSA) is 86.9 Å². The average molecular weight is 306 g/mol. The first-order valence-electron chi connectivity index (χ1n) is 6.69. The van der Waals surface area contributed by atoms with E-state index >= 15 is 0 Å². The molecule has 0 saturated heterocycles. The number of nitrogens with one attached hydrogen (secondary N) is 3. The van der Waals surface area contributed by atoms with E-state index in [1.54, 1.807) is 11.4 Å². The van der Waals surface area contributed by atoms with Crippen LogP contribution in [0.2, 0.25) is 0 Å². The van der Waals surface area contributed by atoms with Gasteiger partial charge < -0.3 is 10.6 Å². The molecule has 3 N–H and O–H groups in total. The van der Waals surface area contributed by atoms with E-state index in [2.05, 4.69) is 20.8 Å². The number of amides is 2. The summed E-state index contributed by atoms with van der Waals surface area (Å²) in [5, 5.41) is 16.1. The molecule has 0 aliphatic rings. The van der Waals surface area contributed by atoms with Gasteiger partial charge in [0.2, 0.25) is 5.91 Å². The summed E-state index contributed by atoms with van der Waals surface area (Å²) in [5.74, 6) is -0.175. The van der Waals surface area contributed by atoms with E-state index in [4.69, 9.17) is 0 Å². The SMILES string of the molecule is Cc1n[nH]c(C)c1NC(=O)CCCNC(=O)c1ccsc1. The van der Waals surface area contributed by atoms with Gasteiger partial charge >= 0.3 is 0 Å². The van der Waals surface area contributed by atoms with Crippen molar-refractivity contribution in [1.29, 1.82) is 0 Å². The number of hydrogen-bond donors (Lipinski definition) is 3. The highest BCUT2D eigenvalue weighted by Crippen LogP contribution is 2.16. The highest BCUT2D eigenvalue weighted by Gasteiger charge is 2.10. The Labute approximate surface area is 127 Å². The highest BCUT2D eigenvalue weighted by atomic mass is 32.1. The quantitative estimate of drug-likeness (QED) is 0.715. The van der Waals surface area contributed by atoms with Gasteiger partial charge in [0.05, 0.1) is 17.1 Å². The number of nitrogens with zero attached hydrogens (tertiary/aromatic N) is 1. The molecule has 0 atom stereocenters. The molecule has 112 valence electrons. The summed E-state index contributed by atoms with van der Waals surface area (Å²) in [4.78, 5) is 23.5. The number of carbonyl (C=O) groups excluding carboxylic acids is 2. The monoisotopic (exact) mass is 306 g/mol. The van der Waals surface area contributed by atoms with Crippen LogP contribution in [0.5, 0.6) is 0 Å². The maximum Gasteiger partial charge on any atom is 0.252 e. The van der Waals surface area contributed by atoms with Crippen LogP contribution in [0.3, 0.4) is 0 Å². The summed E-state index contributed by atoms with van der Waals surface area (Å²) in [5.41, 5.74) is 3.01. The van der Waals surface area contributed by atoms with Crippen molar-refractivity contribution in [1.82, 2.24) is 15.5 Å². The van der Waals surface area contributed by atoms with Crippen molar-refractivity contribution in [2.75, 3.05) is 11.9 Å². The number of rotatable bonds is 6. The standard InChI is InChI=1S/C14H18N4O2S/c1-9-13(10(2)18-17-9)16-12(19)4-3-6-15-14(20)11-5-7-21-8-11/h5,7-8H,3-4,6H2,1-2H3,(H,15,20)(H,16,19)(H,17,18). The Morgan fingerprint density at radius 2 is 2.19 bits per heavy atom. The van der Waals surface area contributed by atoms with Crippen molar-refractivity contribution in [3.63, 3.8) is 0 Å². The van der Waals surface area contributed by atoms with Gasteiger partial charge in [-0.15, -0.1) is 0 Å². The van der Waals surface area contributed by atoms with Crippen molar-refractivity contribution in [2.45, 2.75) is 26.7 Å². The van der Waals surface area contributed by atoms with Gasteiger partial charge in [-0.2, -0.15) is 16.4 Å². The first kappa shape index (κ1) is 15.2. The molecule has 2 heterocycles. The molecule has 0 aliphatic heterocycles. The number of aromatic amines is 1. The van der Waals surface area contributed by atoms with Crippen LogP contribution in [-0.2, 0) is 4.79 Å². The van der Waals surface area contributed by atoms with E-state index < -0.39 is 0 Å². The van der Waals surface area contributed by atoms with Gasteiger partial charge in [-0.25, -0.2) is 0 Å². The van der Waals surface area contributed by atoms with Crippen LogP contribution in [0.1, 0.15) is 34.6 Å². The van der Waals surface area contributed by atoms with E-state index in [9.17, 15) is 9.59 Å². The van der Waals surface area contributed by atoms with Gasteiger partial charge in [0, 0.05) is 23.9 Å². The Morgan fingerprint density at radius 3 is 2.81 bits per heavy atom. The molecule has 2 amide bonds. The largest absolute Gasteiger partial charge is 0.352 e. The van der Waals surface area contributed by atoms with Gasteiger partial charge in [-0.3, -0.25) is 14.7 Å². The van der Waals surface area contributed by atoms with E-state index in [-0.39, 0.29) is 11.8 Å². The molecule has 0 spiro atoms. The minimum Gasteiger partial charge on any atom is -0.352 e. The third kappa shape index (κ3) is 4.16. The Bertz CT molecular complexity index is 599. The summed E-state index contributed by atoms with van der Waals surface area (Å²) in [6.45, 7) is 4.17. The average Bonchev–Trinajstić information content (AvgIpc) is 3.09. The molecule has 2 aromatic rings. The van der Waals surface area contributed by atoms with Crippen LogP contribution in [0.15, 0.2) is 16.8 Å². The third-order valence-corrected chi connectivity index (χ3v) is 3.73. The number of aryl methyl sites for hydroxylation is 2. The highest BCUT2D eigenvalue weighted by molar-refractivity contribution is 7.08. The van der Waals surface area contributed by atoms with E-state index in [1.165, 1.54) is 11.3 Å². The van der Waals surface area contributed by atoms with Crippen LogP contribution in [0, 0.1) is 13.8 Å². The zero-order valence-corrected chi connectivity index (χ0v) is 12.8. The predicted molar refractivity (Wildman–Crippen MR) is 82.6 cm³/mol. The smallest absolute Gasteiger partial charge is 0.252 e. The Hall–Kier alpha value is -2.15. The molecular formula is C14H18N4O2S. The number of carbonyl (C=O) groups is 2. The maximum absolute atomic E-state index is 11.8. The van der Waals surface area contributed by atoms with Crippen molar-refractivity contribution in [3.05, 3.63) is 33.8 Å². The zero-order valence-electron chi connectivity index (χ0n) is 12.0. The van der Waals surface area contributed by atoms with Crippen molar-refractivity contribution >= 4 is 28.8 Å². The summed E-state index contributed by atoms with van der Waals surface area (Å²) >= 11 is 1.48. The first-order valence-corrected chi connectivity index (χ1v) is 7.64. The van der Waals surface area contributed by atoms with Crippen molar-refractivity contribution in [3.8, 4) is 0 Å². The lowest BCUT2D eigenvalue weighted by atomic mass is 10.2. The molecule has 0 bridgehead atoms. The third-order valence-electron chi connectivity index (χ3n) is 3.04. The molecule has 0 aromatic carbocycles. The summed E-state index contributed by atoms with van der Waals surface area (Å²) in [7, 11) is 0. The van der Waals surface area contributed by atoms with E-state index in [1.807, 2.05) is 19.2 Å². The van der Waals surface area contributed by atoms with Gasteiger partial charge in [0.15, 0.2) is 0 Å². The van der Waals surface area contributed by atoms with Crippen LogP contribution < -0.4 is 10.6 Å². The second kappa shape index (κ2) is 7.03. The second-order valence-electron chi connectivity index (χ2n) is 4.73. The van der Waals surface area contributed by atoms with Crippen LogP contribution in [0.25, 0.3) is 0 Å². The fourth-order valence-corrected chi connectivity index (χ4v) is 2.52. The van der Waals surface area contributed by atoms with Gasteiger partial charge in [0.25, 0.3) is 5.91 Å². The number of H-pyrrole nitrogens is 1. The fourth-order valence-electron chi connectivity index (χ4n) is 1.88. The van der Waals surface area contributed by atoms with Crippen LogP contribution in [0.4, 0.5) is 5.69 Å². The maximum atomic E-state index is 11.8. The Morgan fingerprint density at radius 1 is 1.38 bits per heavy atom. The molecule has 2 rings (SSSR count). The molecule has 0 aliphatic carbocycles. The molecule has 21 heavy (non-hydrogen) atoms. The number of anilines is 1. The lowest BCUT2D eigenvalue weighted by molar-refractivity contribution is -0.116. The predicted octanol–water partition coefficient (Wildman–Crippen LogP) is 2.24. The van der Waals surface area contributed by atoms with Crippen LogP contribution >= 0.6 is 11.3 Å². The second-order valence-corrected chi connectivity index (χ2v) is 5.51. The van der Waals surface area contributed by atoms with Crippen molar-refractivity contribution < 1.29 is 9.59 Å². The molecule has 6 nitrogen and oxygen atoms in total. The first-order chi connectivity index (χ1) is 10.1. The van der Waals surface area contributed by atoms with Crippen molar-refractivity contribution in [2.24, 2.45) is 0 Å². The minimum atomic E-state index is -0.0989. The lowest BCUT2D eigenvalue weighted by Gasteiger charge is -2.06. The number of thiophene rings is 1. The van der Waals surface area contributed by atoms with Gasteiger partial charge in [-0.1, -0.05) is 0 Å². The molecule has 0 unspecified atom stereocenters. The zero-order chi connectivity index (χ0) is 15.2. The van der Waals surface area contributed by atoms with Crippen LogP contribution in [-0.4, -0.2) is 28.6 Å². The minimum absolute atomic E-state index is 0.0765. The molecule has 0 radical (unpaired) electrons. The molecule has 2 aromatic heterocycles. The van der Waals surface area contributed by atoms with E-state index in [0.29, 0.717) is 24.9 Å². The Kier molecular flexibility index (Phi) is 5.10. The Balaban J connectivity index is 1.69.